The Labute approximate surface area is 112 Å². The molecule has 0 atom stereocenters. The van der Waals surface area contributed by atoms with Crippen molar-refractivity contribution in [3.63, 3.8) is 0 Å². The van der Waals surface area contributed by atoms with Gasteiger partial charge in [-0.1, -0.05) is 44.1 Å². The minimum atomic E-state index is 0.673. The number of halogens is 1. The molecule has 0 radical (unpaired) electrons. The van der Waals surface area contributed by atoms with Crippen LogP contribution in [0.3, 0.4) is 0 Å². The zero-order valence-electron chi connectivity index (χ0n) is 9.79. The smallest absolute Gasteiger partial charge is 0.133 e. The van der Waals surface area contributed by atoms with E-state index < -0.39 is 0 Å². The quantitative estimate of drug-likeness (QED) is 0.396. The Hall–Kier alpha value is -0.510. The van der Waals surface area contributed by atoms with E-state index in [1.165, 1.54) is 29.3 Å². The number of benzene rings is 1. The van der Waals surface area contributed by atoms with E-state index in [0.717, 1.165) is 5.75 Å². The van der Waals surface area contributed by atoms with Gasteiger partial charge in [0.05, 0.1) is 3.57 Å². The molecule has 2 heteroatoms. The van der Waals surface area contributed by atoms with Crippen molar-refractivity contribution in [2.45, 2.75) is 32.6 Å². The zero-order valence-corrected chi connectivity index (χ0v) is 11.9. The fourth-order valence-electron chi connectivity index (χ4n) is 1.40. The summed E-state index contributed by atoms with van der Waals surface area (Å²) in [5, 5.41) is 0. The lowest BCUT2D eigenvalue weighted by Crippen LogP contribution is -1.94. The first-order chi connectivity index (χ1) is 7.84. The van der Waals surface area contributed by atoms with Gasteiger partial charge < -0.3 is 4.74 Å². The molecule has 1 nitrogen and oxygen atoms in total. The van der Waals surface area contributed by atoms with Crippen molar-refractivity contribution < 1.29 is 4.74 Å². The van der Waals surface area contributed by atoms with E-state index in [1.807, 2.05) is 18.2 Å². The Morgan fingerprint density at radius 3 is 2.75 bits per heavy atom. The van der Waals surface area contributed by atoms with E-state index in [9.17, 15) is 0 Å². The van der Waals surface area contributed by atoms with Crippen LogP contribution in [0.4, 0.5) is 0 Å². The van der Waals surface area contributed by atoms with E-state index in [0.29, 0.717) is 6.61 Å². The van der Waals surface area contributed by atoms with Crippen LogP contribution in [0.5, 0.6) is 5.75 Å². The van der Waals surface area contributed by atoms with Crippen LogP contribution in [-0.2, 0) is 0 Å². The van der Waals surface area contributed by atoms with E-state index in [2.05, 4.69) is 47.7 Å². The lowest BCUT2D eigenvalue weighted by atomic mass is 10.2. The first kappa shape index (κ1) is 13.6. The number of allylic oxidation sites excluding steroid dienone is 1. The van der Waals surface area contributed by atoms with Crippen molar-refractivity contribution in [2.24, 2.45) is 0 Å². The van der Waals surface area contributed by atoms with E-state index in [4.69, 9.17) is 4.74 Å². The molecule has 0 unspecified atom stereocenters. The highest BCUT2D eigenvalue weighted by molar-refractivity contribution is 14.1. The number of unbranched alkanes of at least 4 members (excludes halogenated alkanes) is 3. The molecule has 0 aliphatic rings. The number of rotatable bonds is 7. The summed E-state index contributed by atoms with van der Waals surface area (Å²) in [4.78, 5) is 0. The highest BCUT2D eigenvalue weighted by Gasteiger charge is 1.96. The van der Waals surface area contributed by atoms with Gasteiger partial charge in [0.25, 0.3) is 0 Å². The summed E-state index contributed by atoms with van der Waals surface area (Å²) >= 11 is 2.29. The van der Waals surface area contributed by atoms with Crippen LogP contribution >= 0.6 is 22.6 Å². The maximum atomic E-state index is 5.65. The fraction of sp³-hybridized carbons (Fsp3) is 0.429. The summed E-state index contributed by atoms with van der Waals surface area (Å²) in [7, 11) is 0. The molecule has 1 rings (SSSR count). The number of para-hydroxylation sites is 1. The van der Waals surface area contributed by atoms with Crippen molar-refractivity contribution in [3.05, 3.63) is 40.0 Å². The Kier molecular flexibility index (Phi) is 7.30. The predicted octanol–water partition coefficient (Wildman–Crippen LogP) is 4.81. The molecule has 0 saturated heterocycles. The van der Waals surface area contributed by atoms with Crippen LogP contribution in [0.1, 0.15) is 32.6 Å². The predicted molar refractivity (Wildman–Crippen MR) is 77.9 cm³/mol. The molecule has 0 N–H and O–H groups in total. The molecule has 0 bridgehead atoms. The van der Waals surface area contributed by atoms with Crippen LogP contribution in [0, 0.1) is 3.57 Å². The second-order valence-corrected chi connectivity index (χ2v) is 4.87. The van der Waals surface area contributed by atoms with Crippen LogP contribution < -0.4 is 4.74 Å². The van der Waals surface area contributed by atoms with Gasteiger partial charge in [-0.3, -0.25) is 0 Å². The van der Waals surface area contributed by atoms with Crippen LogP contribution in [0.2, 0.25) is 0 Å². The topological polar surface area (TPSA) is 9.23 Å². The van der Waals surface area contributed by atoms with Gasteiger partial charge in [0.1, 0.15) is 12.4 Å². The summed E-state index contributed by atoms with van der Waals surface area (Å²) in [5.74, 6) is 0.973. The van der Waals surface area contributed by atoms with E-state index in [1.54, 1.807) is 0 Å². The molecule has 0 spiro atoms. The molecular weight excluding hydrogens is 311 g/mol. The Morgan fingerprint density at radius 2 is 2.00 bits per heavy atom. The third kappa shape index (κ3) is 5.54. The number of ether oxygens (including phenoxy) is 1. The number of hydrogen-bond donors (Lipinski definition) is 0. The Bertz CT molecular complexity index is 320. The first-order valence-corrected chi connectivity index (χ1v) is 6.94. The molecule has 88 valence electrons. The van der Waals surface area contributed by atoms with Crippen molar-refractivity contribution in [1.82, 2.24) is 0 Å². The summed E-state index contributed by atoms with van der Waals surface area (Å²) in [6, 6.07) is 8.09. The third-order valence-corrected chi connectivity index (χ3v) is 3.20. The minimum absolute atomic E-state index is 0.673. The first-order valence-electron chi connectivity index (χ1n) is 5.87. The average molecular weight is 330 g/mol. The Balaban J connectivity index is 2.18. The summed E-state index contributed by atoms with van der Waals surface area (Å²) in [6.07, 6.45) is 9.39. The highest BCUT2D eigenvalue weighted by atomic mass is 127. The second-order valence-electron chi connectivity index (χ2n) is 3.71. The maximum Gasteiger partial charge on any atom is 0.133 e. The molecule has 0 heterocycles. The maximum absolute atomic E-state index is 5.65. The third-order valence-electron chi connectivity index (χ3n) is 2.31. The fourth-order valence-corrected chi connectivity index (χ4v) is 1.94. The van der Waals surface area contributed by atoms with Crippen molar-refractivity contribution in [1.29, 1.82) is 0 Å². The van der Waals surface area contributed by atoms with Gasteiger partial charge in [-0.05, 0) is 47.6 Å². The monoisotopic (exact) mass is 330 g/mol. The SMILES string of the molecule is CCCCC/C=C/COc1ccccc1I. The van der Waals surface area contributed by atoms with Gasteiger partial charge in [-0.25, -0.2) is 0 Å². The summed E-state index contributed by atoms with van der Waals surface area (Å²) < 4.78 is 6.82. The molecular formula is C14H19IO. The molecule has 0 aliphatic heterocycles. The van der Waals surface area contributed by atoms with E-state index >= 15 is 0 Å². The van der Waals surface area contributed by atoms with Crippen LogP contribution in [0.25, 0.3) is 0 Å². The van der Waals surface area contributed by atoms with E-state index in [-0.39, 0.29) is 0 Å². The van der Waals surface area contributed by atoms with Gasteiger partial charge in [0.15, 0.2) is 0 Å². The summed E-state index contributed by atoms with van der Waals surface area (Å²) in [5.41, 5.74) is 0. The van der Waals surface area contributed by atoms with Gasteiger partial charge in [-0.2, -0.15) is 0 Å². The van der Waals surface area contributed by atoms with Gasteiger partial charge >= 0.3 is 0 Å². The van der Waals surface area contributed by atoms with Crippen molar-refractivity contribution in [3.8, 4) is 5.75 Å². The van der Waals surface area contributed by atoms with Crippen LogP contribution in [-0.4, -0.2) is 6.61 Å². The zero-order chi connectivity index (χ0) is 11.6. The molecule has 1 aromatic carbocycles. The van der Waals surface area contributed by atoms with Crippen molar-refractivity contribution in [2.75, 3.05) is 6.61 Å². The molecule has 16 heavy (non-hydrogen) atoms. The summed E-state index contributed by atoms with van der Waals surface area (Å²) in [6.45, 7) is 2.90. The van der Waals surface area contributed by atoms with Gasteiger partial charge in [0.2, 0.25) is 0 Å². The lowest BCUT2D eigenvalue weighted by Gasteiger charge is -2.04. The molecule has 0 aromatic heterocycles. The Morgan fingerprint density at radius 1 is 1.19 bits per heavy atom. The standard InChI is InChI=1S/C14H19IO/c1-2-3-4-5-6-9-12-16-14-11-8-7-10-13(14)15/h6-11H,2-5,12H2,1H3/b9-6+. The molecule has 0 fully saturated rings. The molecule has 0 aliphatic carbocycles. The highest BCUT2D eigenvalue weighted by Crippen LogP contribution is 2.19. The minimum Gasteiger partial charge on any atom is -0.488 e. The second kappa shape index (κ2) is 8.62. The van der Waals surface area contributed by atoms with Crippen molar-refractivity contribution >= 4 is 22.6 Å². The van der Waals surface area contributed by atoms with Gasteiger partial charge in [0, 0.05) is 0 Å². The molecule has 0 saturated carbocycles. The molecule has 0 amide bonds. The van der Waals surface area contributed by atoms with Gasteiger partial charge in [-0.15, -0.1) is 0 Å². The molecule has 1 aromatic rings. The average Bonchev–Trinajstić information content (AvgIpc) is 2.30. The van der Waals surface area contributed by atoms with Crippen LogP contribution in [0.15, 0.2) is 36.4 Å². The normalized spacial score (nSPS) is 10.9. The largest absolute Gasteiger partial charge is 0.488 e. The number of hydrogen-bond acceptors (Lipinski definition) is 1. The lowest BCUT2D eigenvalue weighted by molar-refractivity contribution is 0.360.